The van der Waals surface area contributed by atoms with Crippen LogP contribution in [0.25, 0.3) is 0 Å². The molecular weight excluding hydrogens is 390 g/mol. The monoisotopic (exact) mass is 411 g/mol. The van der Waals surface area contributed by atoms with E-state index in [0.29, 0.717) is 29.6 Å². The minimum Gasteiger partial charge on any atom is -0.482 e. The molecule has 0 N–H and O–H groups in total. The van der Waals surface area contributed by atoms with E-state index in [1.54, 1.807) is 30.7 Å². The number of halogens is 1. The molecule has 3 aromatic rings. The number of benzene rings is 1. The van der Waals surface area contributed by atoms with Gasteiger partial charge in [0.2, 0.25) is 0 Å². The van der Waals surface area contributed by atoms with E-state index in [-0.39, 0.29) is 18.4 Å². The van der Waals surface area contributed by atoms with Gasteiger partial charge >= 0.3 is 0 Å². The van der Waals surface area contributed by atoms with Gasteiger partial charge in [-0.2, -0.15) is 0 Å². The molecule has 1 saturated heterocycles. The number of likely N-dealkylation sites (tertiary alicyclic amines) is 1. The SMILES string of the molecule is O=C(COc1cccnc1)N1CCC[C@H](c2ncc(Cc3ccccc3Cl)o2)C1. The van der Waals surface area contributed by atoms with Gasteiger partial charge in [0.15, 0.2) is 12.5 Å². The van der Waals surface area contributed by atoms with Gasteiger partial charge in [-0.1, -0.05) is 29.8 Å². The number of hydrogen-bond acceptors (Lipinski definition) is 5. The van der Waals surface area contributed by atoms with E-state index in [2.05, 4.69) is 9.97 Å². The molecular formula is C22H22ClN3O3. The van der Waals surface area contributed by atoms with Crippen molar-refractivity contribution in [1.29, 1.82) is 0 Å². The zero-order valence-corrected chi connectivity index (χ0v) is 16.7. The van der Waals surface area contributed by atoms with Crippen LogP contribution in [0.3, 0.4) is 0 Å². The zero-order valence-electron chi connectivity index (χ0n) is 16.0. The first kappa shape index (κ1) is 19.5. The highest BCUT2D eigenvalue weighted by Crippen LogP contribution is 2.28. The molecule has 2 aromatic heterocycles. The Bertz CT molecular complexity index is 961. The lowest BCUT2D eigenvalue weighted by atomic mass is 9.98. The fourth-order valence-corrected chi connectivity index (χ4v) is 3.70. The Hall–Kier alpha value is -2.86. The van der Waals surface area contributed by atoms with Crippen LogP contribution in [-0.2, 0) is 11.2 Å². The number of carbonyl (C=O) groups excluding carboxylic acids is 1. The van der Waals surface area contributed by atoms with Crippen molar-refractivity contribution in [2.45, 2.75) is 25.2 Å². The average Bonchev–Trinajstić information content (AvgIpc) is 3.23. The molecule has 150 valence electrons. The van der Waals surface area contributed by atoms with E-state index in [1.807, 2.05) is 29.2 Å². The van der Waals surface area contributed by atoms with E-state index >= 15 is 0 Å². The number of hydrogen-bond donors (Lipinski definition) is 0. The molecule has 4 rings (SSSR count). The van der Waals surface area contributed by atoms with E-state index in [1.165, 1.54) is 0 Å². The number of amides is 1. The molecule has 0 aliphatic carbocycles. The molecule has 1 aliphatic rings. The van der Waals surface area contributed by atoms with Gasteiger partial charge in [0.1, 0.15) is 11.5 Å². The molecule has 1 amide bonds. The second-order valence-electron chi connectivity index (χ2n) is 7.09. The largest absolute Gasteiger partial charge is 0.482 e. The van der Waals surface area contributed by atoms with Crippen LogP contribution in [0, 0.1) is 0 Å². The molecule has 3 heterocycles. The topological polar surface area (TPSA) is 68.5 Å². The summed E-state index contributed by atoms with van der Waals surface area (Å²) in [4.78, 5) is 22.8. The van der Waals surface area contributed by atoms with Crippen molar-refractivity contribution in [3.05, 3.63) is 77.2 Å². The number of piperidine rings is 1. The van der Waals surface area contributed by atoms with Crippen LogP contribution in [-0.4, -0.2) is 40.5 Å². The lowest BCUT2D eigenvalue weighted by Gasteiger charge is -2.31. The number of nitrogens with zero attached hydrogens (tertiary/aromatic N) is 3. The molecule has 7 heteroatoms. The van der Waals surface area contributed by atoms with Gasteiger partial charge in [-0.3, -0.25) is 9.78 Å². The van der Waals surface area contributed by atoms with Crippen LogP contribution in [0.2, 0.25) is 5.02 Å². The van der Waals surface area contributed by atoms with Crippen LogP contribution in [0.15, 0.2) is 59.4 Å². The maximum Gasteiger partial charge on any atom is 0.260 e. The summed E-state index contributed by atoms with van der Waals surface area (Å²) in [6.45, 7) is 1.31. The molecule has 0 saturated carbocycles. The van der Waals surface area contributed by atoms with Crippen molar-refractivity contribution in [3.8, 4) is 5.75 Å². The number of pyridine rings is 1. The summed E-state index contributed by atoms with van der Waals surface area (Å²) in [5, 5.41) is 0.716. The van der Waals surface area contributed by atoms with E-state index in [4.69, 9.17) is 20.8 Å². The predicted octanol–water partition coefficient (Wildman–Crippen LogP) is 4.10. The van der Waals surface area contributed by atoms with Gasteiger partial charge in [-0.25, -0.2) is 4.98 Å². The average molecular weight is 412 g/mol. The van der Waals surface area contributed by atoms with Gasteiger partial charge < -0.3 is 14.1 Å². The summed E-state index contributed by atoms with van der Waals surface area (Å²) < 4.78 is 11.5. The third-order valence-corrected chi connectivity index (χ3v) is 5.38. The second-order valence-corrected chi connectivity index (χ2v) is 7.50. The fraction of sp³-hybridized carbons (Fsp3) is 0.318. The van der Waals surface area contributed by atoms with Crippen LogP contribution >= 0.6 is 11.6 Å². The number of rotatable bonds is 6. The molecule has 1 aliphatic heterocycles. The van der Waals surface area contributed by atoms with Crippen LogP contribution in [0.4, 0.5) is 0 Å². The molecule has 0 bridgehead atoms. The maximum absolute atomic E-state index is 12.5. The predicted molar refractivity (Wildman–Crippen MR) is 109 cm³/mol. The Morgan fingerprint density at radius 3 is 2.97 bits per heavy atom. The first-order valence-corrected chi connectivity index (χ1v) is 10.1. The molecule has 0 unspecified atom stereocenters. The molecule has 29 heavy (non-hydrogen) atoms. The highest BCUT2D eigenvalue weighted by Gasteiger charge is 2.28. The standard InChI is InChI=1S/C22H22ClN3O3/c23-20-8-2-1-5-16(20)11-19-13-25-22(29-19)17-6-4-10-26(14-17)21(27)15-28-18-7-3-9-24-12-18/h1-3,5,7-9,12-13,17H,4,6,10-11,14-15H2/t17-/m0/s1. The van der Waals surface area contributed by atoms with E-state index < -0.39 is 0 Å². The van der Waals surface area contributed by atoms with Crippen molar-refractivity contribution < 1.29 is 13.9 Å². The van der Waals surface area contributed by atoms with E-state index in [0.717, 1.165) is 30.7 Å². The molecule has 1 atom stereocenters. The lowest BCUT2D eigenvalue weighted by molar-refractivity contribution is -0.134. The van der Waals surface area contributed by atoms with Gasteiger partial charge in [0, 0.05) is 30.7 Å². The summed E-state index contributed by atoms with van der Waals surface area (Å²) in [7, 11) is 0. The lowest BCUT2D eigenvalue weighted by Crippen LogP contribution is -2.41. The normalized spacial score (nSPS) is 16.6. The Morgan fingerprint density at radius 1 is 1.24 bits per heavy atom. The molecule has 0 radical (unpaired) electrons. The van der Waals surface area contributed by atoms with Crippen molar-refractivity contribution >= 4 is 17.5 Å². The minimum absolute atomic E-state index is 0.00174. The minimum atomic E-state index is -0.0404. The van der Waals surface area contributed by atoms with Crippen molar-refractivity contribution in [2.75, 3.05) is 19.7 Å². The Balaban J connectivity index is 1.35. The quantitative estimate of drug-likeness (QED) is 0.610. The number of oxazole rings is 1. The molecule has 1 fully saturated rings. The first-order chi connectivity index (χ1) is 14.2. The zero-order chi connectivity index (χ0) is 20.1. The summed E-state index contributed by atoms with van der Waals surface area (Å²) >= 11 is 6.24. The van der Waals surface area contributed by atoms with Gasteiger partial charge in [0.05, 0.1) is 18.3 Å². The third kappa shape index (κ3) is 4.95. The Labute approximate surface area is 174 Å². The van der Waals surface area contributed by atoms with Crippen molar-refractivity contribution in [2.24, 2.45) is 0 Å². The number of aromatic nitrogens is 2. The van der Waals surface area contributed by atoms with Crippen LogP contribution in [0.1, 0.15) is 36.0 Å². The number of carbonyl (C=O) groups is 1. The molecule has 6 nitrogen and oxygen atoms in total. The fourth-order valence-electron chi connectivity index (χ4n) is 3.50. The van der Waals surface area contributed by atoms with Crippen molar-refractivity contribution in [1.82, 2.24) is 14.9 Å². The van der Waals surface area contributed by atoms with Gasteiger partial charge in [0.25, 0.3) is 5.91 Å². The van der Waals surface area contributed by atoms with Crippen LogP contribution in [0.5, 0.6) is 5.75 Å². The Kier molecular flexibility index (Phi) is 6.10. The summed E-state index contributed by atoms with van der Waals surface area (Å²) in [5.74, 6) is 2.09. The van der Waals surface area contributed by atoms with Gasteiger partial charge in [-0.05, 0) is 36.6 Å². The second kappa shape index (κ2) is 9.09. The Morgan fingerprint density at radius 2 is 2.14 bits per heavy atom. The molecule has 1 aromatic carbocycles. The van der Waals surface area contributed by atoms with Crippen molar-refractivity contribution in [3.63, 3.8) is 0 Å². The highest BCUT2D eigenvalue weighted by atomic mass is 35.5. The number of ether oxygens (including phenoxy) is 1. The summed E-state index contributed by atoms with van der Waals surface area (Å²) in [5.41, 5.74) is 1.00. The first-order valence-electron chi connectivity index (χ1n) is 9.67. The highest BCUT2D eigenvalue weighted by molar-refractivity contribution is 6.31. The maximum atomic E-state index is 12.5. The van der Waals surface area contributed by atoms with Gasteiger partial charge in [-0.15, -0.1) is 0 Å². The summed E-state index contributed by atoms with van der Waals surface area (Å²) in [6, 6.07) is 11.3. The third-order valence-electron chi connectivity index (χ3n) is 5.01. The van der Waals surface area contributed by atoms with Crippen LogP contribution < -0.4 is 4.74 Å². The van der Waals surface area contributed by atoms with E-state index in [9.17, 15) is 4.79 Å². The summed E-state index contributed by atoms with van der Waals surface area (Å²) in [6.07, 6.45) is 7.47. The molecule has 0 spiro atoms. The smallest absolute Gasteiger partial charge is 0.260 e.